The molecule has 0 aliphatic carbocycles. The maximum Gasteiger partial charge on any atom is 1.00 e. The number of hydrogen-bond donors (Lipinski definition) is 0. The molecule has 0 aromatic heterocycles. The fourth-order valence-electron chi connectivity index (χ4n) is 2.14. The summed E-state index contributed by atoms with van der Waals surface area (Å²) in [6.45, 7) is 3.62. The summed E-state index contributed by atoms with van der Waals surface area (Å²) in [5.41, 5.74) is -5.09. The molecule has 2 unspecified atom stereocenters. The Bertz CT molecular complexity index is 848. The molecule has 0 N–H and O–H groups in total. The zero-order chi connectivity index (χ0) is 19.5. The predicted molar refractivity (Wildman–Crippen MR) is 84.4 cm³/mol. The molecular formula is C14H16F3LiN2O4S2. The number of nitriles is 1. The van der Waals surface area contributed by atoms with Crippen LogP contribution >= 0.6 is 0 Å². The van der Waals surface area contributed by atoms with Gasteiger partial charge >= 0.3 is 24.4 Å². The van der Waals surface area contributed by atoms with Gasteiger partial charge in [-0.2, -0.15) is 18.4 Å². The molecule has 0 heterocycles. The largest absolute Gasteiger partial charge is 1.00 e. The van der Waals surface area contributed by atoms with Gasteiger partial charge < -0.3 is 4.13 Å². The molecule has 0 radical (unpaired) electrons. The zero-order valence-corrected chi connectivity index (χ0v) is 16.0. The van der Waals surface area contributed by atoms with Gasteiger partial charge in [0.25, 0.3) is 0 Å². The van der Waals surface area contributed by atoms with E-state index in [4.69, 9.17) is 5.26 Å². The number of hydrogen-bond acceptors (Lipinski definition) is 5. The van der Waals surface area contributed by atoms with E-state index in [0.717, 1.165) is 12.1 Å². The van der Waals surface area contributed by atoms with Crippen LogP contribution in [0, 0.1) is 17.2 Å². The molecule has 2 atom stereocenters. The zero-order valence-electron chi connectivity index (χ0n) is 14.4. The Kier molecular flexibility index (Phi) is 8.87. The van der Waals surface area contributed by atoms with Crippen molar-refractivity contribution in [2.45, 2.75) is 43.0 Å². The second-order valence-corrected chi connectivity index (χ2v) is 8.84. The monoisotopic (exact) mass is 404 g/mol. The molecular weight excluding hydrogens is 388 g/mol. The van der Waals surface area contributed by atoms with Crippen molar-refractivity contribution in [1.29, 1.82) is 5.26 Å². The predicted octanol–water partition coefficient (Wildman–Crippen LogP) is 0.646. The smallest absolute Gasteiger partial charge is 0.424 e. The minimum absolute atomic E-state index is 0. The quantitative estimate of drug-likeness (QED) is 0.621. The van der Waals surface area contributed by atoms with Gasteiger partial charge in [0.05, 0.1) is 6.07 Å². The first-order valence-electron chi connectivity index (χ1n) is 7.14. The molecule has 0 fully saturated rings. The molecule has 0 aliphatic heterocycles. The van der Waals surface area contributed by atoms with E-state index in [-0.39, 0.29) is 30.7 Å². The van der Waals surface area contributed by atoms with Gasteiger partial charge in [0.15, 0.2) is 10.0 Å². The molecule has 0 aliphatic rings. The average Bonchev–Trinajstić information content (AvgIpc) is 2.50. The van der Waals surface area contributed by atoms with E-state index >= 15 is 0 Å². The summed E-state index contributed by atoms with van der Waals surface area (Å²) in [5.74, 6) is -0.262. The van der Waals surface area contributed by atoms with Crippen LogP contribution in [0.25, 0.3) is 4.13 Å². The first-order chi connectivity index (χ1) is 11.3. The maximum absolute atomic E-state index is 12.3. The summed E-state index contributed by atoms with van der Waals surface area (Å²) >= 11 is 0. The molecule has 1 aromatic rings. The first kappa shape index (κ1) is 25.0. The molecule has 0 saturated heterocycles. The minimum atomic E-state index is -6.15. The summed E-state index contributed by atoms with van der Waals surface area (Å²) in [6.07, 6.45) is 1.21. The van der Waals surface area contributed by atoms with Crippen molar-refractivity contribution in [3.05, 3.63) is 34.0 Å². The molecule has 0 saturated carbocycles. The van der Waals surface area contributed by atoms with Crippen LogP contribution in [0.15, 0.2) is 29.2 Å². The second kappa shape index (κ2) is 9.24. The second-order valence-electron chi connectivity index (χ2n) is 5.41. The van der Waals surface area contributed by atoms with Gasteiger partial charge in [-0.3, -0.25) is 0 Å². The van der Waals surface area contributed by atoms with E-state index < -0.39 is 30.5 Å². The molecule has 0 bridgehead atoms. The number of alkyl halides is 3. The third-order valence-corrected chi connectivity index (χ3v) is 6.51. The summed E-state index contributed by atoms with van der Waals surface area (Å²) in [7, 11) is -11.2. The van der Waals surface area contributed by atoms with Crippen molar-refractivity contribution >= 4 is 20.0 Å². The molecule has 140 valence electrons. The molecule has 0 spiro atoms. The number of halogens is 3. The van der Waals surface area contributed by atoms with E-state index in [2.05, 4.69) is 6.07 Å². The van der Waals surface area contributed by atoms with Gasteiger partial charge in [0.2, 0.25) is 0 Å². The van der Waals surface area contributed by atoms with Gasteiger partial charge in [-0.1, -0.05) is 19.1 Å². The van der Waals surface area contributed by atoms with E-state index in [9.17, 15) is 30.0 Å². The molecule has 1 aromatic carbocycles. The third kappa shape index (κ3) is 6.29. The van der Waals surface area contributed by atoms with Crippen molar-refractivity contribution in [2.24, 2.45) is 5.92 Å². The standard InChI is InChI=1S/C14H16F3N2O4S2.Li/c1-3-11(8-10(2)9-18)12-4-6-13(7-5-12)24(20,21)19-25(22,23)14(15,16)17;/h4-7,10-11H,3,8H2,1-2H3;/q-1;+1. The summed E-state index contributed by atoms with van der Waals surface area (Å²) in [5, 5.41) is 8.86. The van der Waals surface area contributed by atoms with Gasteiger partial charge in [0.1, 0.15) is 10.0 Å². The Morgan fingerprint density at radius 3 is 2.04 bits per heavy atom. The van der Waals surface area contributed by atoms with Crippen LogP contribution in [-0.2, 0) is 20.0 Å². The fraction of sp³-hybridized carbons (Fsp3) is 0.500. The Morgan fingerprint density at radius 1 is 1.15 bits per heavy atom. The average molecular weight is 404 g/mol. The van der Waals surface area contributed by atoms with E-state index in [1.807, 2.05) is 11.1 Å². The first-order valence-corrected chi connectivity index (χ1v) is 10.0. The van der Waals surface area contributed by atoms with E-state index in [1.54, 1.807) is 6.92 Å². The van der Waals surface area contributed by atoms with E-state index in [0.29, 0.717) is 18.4 Å². The molecule has 0 amide bonds. The molecule has 26 heavy (non-hydrogen) atoms. The number of sulfonamides is 2. The third-order valence-electron chi connectivity index (χ3n) is 3.49. The topological polar surface area (TPSA) is 106 Å². The van der Waals surface area contributed by atoms with Crippen LogP contribution in [0.2, 0.25) is 0 Å². The van der Waals surface area contributed by atoms with Gasteiger partial charge in [0, 0.05) is 10.8 Å². The molecule has 1 rings (SSSR count). The number of rotatable bonds is 7. The van der Waals surface area contributed by atoms with Crippen LogP contribution in [-0.4, -0.2) is 22.3 Å². The Balaban J connectivity index is 0.00000625. The van der Waals surface area contributed by atoms with Crippen molar-refractivity contribution in [3.8, 4) is 6.07 Å². The van der Waals surface area contributed by atoms with Crippen LogP contribution in [0.4, 0.5) is 13.2 Å². The van der Waals surface area contributed by atoms with Crippen molar-refractivity contribution in [3.63, 3.8) is 0 Å². The van der Waals surface area contributed by atoms with Crippen molar-refractivity contribution < 1.29 is 48.9 Å². The van der Waals surface area contributed by atoms with Crippen LogP contribution in [0.3, 0.4) is 0 Å². The number of nitrogens with zero attached hydrogens (tertiary/aromatic N) is 2. The van der Waals surface area contributed by atoms with Gasteiger partial charge in [-0.05, 0) is 43.4 Å². The van der Waals surface area contributed by atoms with E-state index in [1.165, 1.54) is 12.1 Å². The summed E-state index contributed by atoms with van der Waals surface area (Å²) in [6, 6.07) is 6.84. The van der Waals surface area contributed by atoms with Crippen LogP contribution in [0.5, 0.6) is 0 Å². The normalized spacial score (nSPS) is 14.8. The molecule has 6 nitrogen and oxygen atoms in total. The van der Waals surface area contributed by atoms with Crippen LogP contribution in [0.1, 0.15) is 38.2 Å². The van der Waals surface area contributed by atoms with Gasteiger partial charge in [-0.15, -0.1) is 0 Å². The number of benzene rings is 1. The van der Waals surface area contributed by atoms with Crippen molar-refractivity contribution in [1.82, 2.24) is 0 Å². The Labute approximate surface area is 163 Å². The Hall–Kier alpha value is -1.04. The maximum atomic E-state index is 12.3. The summed E-state index contributed by atoms with van der Waals surface area (Å²) in [4.78, 5) is -0.660. The van der Waals surface area contributed by atoms with Crippen LogP contribution < -0.4 is 18.9 Å². The SMILES string of the molecule is CCC(CC(C)C#N)c1ccc(S(=O)(=O)[N-]S(=O)(=O)C(F)(F)F)cc1.[Li+]. The summed E-state index contributed by atoms with van der Waals surface area (Å²) < 4.78 is 84.2. The molecule has 12 heteroatoms. The van der Waals surface area contributed by atoms with Crippen molar-refractivity contribution in [2.75, 3.05) is 0 Å². The Morgan fingerprint density at radius 2 is 1.65 bits per heavy atom. The minimum Gasteiger partial charge on any atom is -0.424 e. The fourth-order valence-corrected chi connectivity index (χ4v) is 4.34. The van der Waals surface area contributed by atoms with Gasteiger partial charge in [-0.25, -0.2) is 16.8 Å².